The molecule has 0 saturated heterocycles. The standard InChI is InChI=1S/C28H24N4O3S/c1-18-8-9-19(2)24(16-18)35-15-14-34-22-12-10-20(11-13-22)17-23-25(29)32-28(30-26(23)33)36-27(31-32)21-6-4-3-5-7-21/h3-13,16-17,29H,14-15H2,1-2H3/b23-17+,29-25?. The monoisotopic (exact) mass is 496 g/mol. The number of hydrogen-bond donors (Lipinski definition) is 1. The zero-order valence-electron chi connectivity index (χ0n) is 19.9. The number of fused-ring (bicyclic) bond motifs is 1. The number of amidine groups is 2. The van der Waals surface area contributed by atoms with Crippen LogP contribution in [0.1, 0.15) is 22.3 Å². The second-order valence-corrected chi connectivity index (χ2v) is 9.28. The van der Waals surface area contributed by atoms with Gasteiger partial charge in [0.05, 0.1) is 5.57 Å². The van der Waals surface area contributed by atoms with Crippen LogP contribution in [0.5, 0.6) is 11.5 Å². The number of amides is 1. The Kier molecular flexibility index (Phi) is 6.69. The van der Waals surface area contributed by atoms with Gasteiger partial charge >= 0.3 is 0 Å². The lowest BCUT2D eigenvalue weighted by molar-refractivity contribution is -0.114. The fourth-order valence-electron chi connectivity index (χ4n) is 3.69. The molecular formula is C28H24N4O3S. The maximum atomic E-state index is 12.7. The van der Waals surface area contributed by atoms with E-state index in [0.29, 0.717) is 29.2 Å². The third-order valence-corrected chi connectivity index (χ3v) is 6.58. The van der Waals surface area contributed by atoms with Crippen LogP contribution in [0.15, 0.2) is 88.5 Å². The van der Waals surface area contributed by atoms with Crippen molar-refractivity contribution in [1.82, 2.24) is 5.01 Å². The highest BCUT2D eigenvalue weighted by Crippen LogP contribution is 2.31. The summed E-state index contributed by atoms with van der Waals surface area (Å²) in [6, 6.07) is 23.1. The molecule has 2 heterocycles. The van der Waals surface area contributed by atoms with Crippen molar-refractivity contribution in [3.05, 3.63) is 101 Å². The minimum absolute atomic E-state index is 0.00680. The highest BCUT2D eigenvalue weighted by atomic mass is 32.2. The Hall–Kier alpha value is -4.17. The summed E-state index contributed by atoms with van der Waals surface area (Å²) in [7, 11) is 0. The van der Waals surface area contributed by atoms with E-state index in [1.807, 2.05) is 80.6 Å². The lowest BCUT2D eigenvalue weighted by atomic mass is 10.1. The van der Waals surface area contributed by atoms with E-state index < -0.39 is 5.91 Å². The molecule has 1 amide bonds. The van der Waals surface area contributed by atoms with Gasteiger partial charge in [-0.2, -0.15) is 15.1 Å². The lowest BCUT2D eigenvalue weighted by Crippen LogP contribution is -2.35. The van der Waals surface area contributed by atoms with Gasteiger partial charge in [0.15, 0.2) is 5.84 Å². The van der Waals surface area contributed by atoms with E-state index in [1.54, 1.807) is 6.08 Å². The molecule has 0 saturated carbocycles. The van der Waals surface area contributed by atoms with Crippen LogP contribution in [0.3, 0.4) is 0 Å². The molecule has 3 aromatic carbocycles. The van der Waals surface area contributed by atoms with E-state index in [0.717, 1.165) is 28.0 Å². The van der Waals surface area contributed by atoms with E-state index in [1.165, 1.54) is 16.8 Å². The second kappa shape index (κ2) is 10.2. The summed E-state index contributed by atoms with van der Waals surface area (Å²) in [4.78, 5) is 16.8. The molecule has 0 bridgehead atoms. The minimum atomic E-state index is -0.452. The zero-order valence-corrected chi connectivity index (χ0v) is 20.7. The van der Waals surface area contributed by atoms with Gasteiger partial charge in [0, 0.05) is 5.56 Å². The summed E-state index contributed by atoms with van der Waals surface area (Å²) in [5, 5.41) is 15.6. The van der Waals surface area contributed by atoms with Gasteiger partial charge in [-0.25, -0.2) is 0 Å². The third kappa shape index (κ3) is 5.08. The number of nitrogens with zero attached hydrogens (tertiary/aromatic N) is 3. The molecular weight excluding hydrogens is 472 g/mol. The smallest absolute Gasteiger partial charge is 0.283 e. The Morgan fingerprint density at radius 2 is 1.72 bits per heavy atom. The lowest BCUT2D eigenvalue weighted by Gasteiger charge is -2.20. The Bertz CT molecular complexity index is 1410. The Morgan fingerprint density at radius 3 is 2.50 bits per heavy atom. The normalized spacial score (nSPS) is 16.1. The highest BCUT2D eigenvalue weighted by Gasteiger charge is 2.35. The van der Waals surface area contributed by atoms with Crippen molar-refractivity contribution in [3.8, 4) is 11.5 Å². The summed E-state index contributed by atoms with van der Waals surface area (Å²) >= 11 is 1.29. The summed E-state index contributed by atoms with van der Waals surface area (Å²) in [6.07, 6.45) is 1.65. The molecule has 1 N–H and O–H groups in total. The number of rotatable bonds is 7. The summed E-state index contributed by atoms with van der Waals surface area (Å²) in [6.45, 7) is 4.89. The van der Waals surface area contributed by atoms with Crippen molar-refractivity contribution in [1.29, 1.82) is 5.41 Å². The molecule has 0 spiro atoms. The van der Waals surface area contributed by atoms with E-state index >= 15 is 0 Å². The van der Waals surface area contributed by atoms with Gasteiger partial charge in [-0.1, -0.05) is 54.6 Å². The van der Waals surface area contributed by atoms with Gasteiger partial charge in [0.2, 0.25) is 5.17 Å². The predicted octanol–water partition coefficient (Wildman–Crippen LogP) is 5.43. The zero-order chi connectivity index (χ0) is 25.1. The Labute approximate surface area is 213 Å². The van der Waals surface area contributed by atoms with Gasteiger partial charge in [0.1, 0.15) is 29.8 Å². The van der Waals surface area contributed by atoms with Crippen LogP contribution in [0.25, 0.3) is 6.08 Å². The van der Waals surface area contributed by atoms with Crippen molar-refractivity contribution in [2.45, 2.75) is 13.8 Å². The number of nitrogens with one attached hydrogen (secondary N) is 1. The van der Waals surface area contributed by atoms with Crippen LogP contribution in [0.4, 0.5) is 0 Å². The number of hydrogen-bond acceptors (Lipinski definition) is 6. The number of aliphatic imine (C=N–C) groups is 1. The van der Waals surface area contributed by atoms with Gasteiger partial charge < -0.3 is 9.47 Å². The average molecular weight is 497 g/mol. The van der Waals surface area contributed by atoms with E-state index in [2.05, 4.69) is 16.2 Å². The van der Waals surface area contributed by atoms with Gasteiger partial charge in [0.25, 0.3) is 5.91 Å². The summed E-state index contributed by atoms with van der Waals surface area (Å²) in [5.74, 6) is 1.11. The molecule has 2 aliphatic rings. The molecule has 5 rings (SSSR count). The fourth-order valence-corrected chi connectivity index (χ4v) is 4.59. The van der Waals surface area contributed by atoms with Crippen molar-refractivity contribution < 1.29 is 14.3 Å². The van der Waals surface area contributed by atoms with Crippen LogP contribution in [-0.4, -0.2) is 40.2 Å². The van der Waals surface area contributed by atoms with Crippen LogP contribution in [0.2, 0.25) is 0 Å². The van der Waals surface area contributed by atoms with Crippen LogP contribution < -0.4 is 9.47 Å². The quantitative estimate of drug-likeness (QED) is 0.348. The van der Waals surface area contributed by atoms with Crippen LogP contribution >= 0.6 is 11.8 Å². The summed E-state index contributed by atoms with van der Waals surface area (Å²) in [5.41, 5.74) is 4.11. The average Bonchev–Trinajstić information content (AvgIpc) is 3.32. The van der Waals surface area contributed by atoms with Crippen LogP contribution in [0, 0.1) is 19.3 Å². The predicted molar refractivity (Wildman–Crippen MR) is 144 cm³/mol. The fraction of sp³-hybridized carbons (Fsp3) is 0.143. The first-order valence-electron chi connectivity index (χ1n) is 11.5. The van der Waals surface area contributed by atoms with Crippen molar-refractivity contribution >= 4 is 39.8 Å². The number of aryl methyl sites for hydroxylation is 2. The van der Waals surface area contributed by atoms with Gasteiger partial charge in [-0.3, -0.25) is 10.2 Å². The summed E-state index contributed by atoms with van der Waals surface area (Å²) < 4.78 is 11.6. The highest BCUT2D eigenvalue weighted by molar-refractivity contribution is 8.27. The molecule has 36 heavy (non-hydrogen) atoms. The van der Waals surface area contributed by atoms with Gasteiger partial charge in [-0.15, -0.1) is 0 Å². The van der Waals surface area contributed by atoms with Gasteiger partial charge in [-0.05, 0) is 66.6 Å². The number of hydrazone groups is 1. The molecule has 0 aromatic heterocycles. The van der Waals surface area contributed by atoms with Crippen molar-refractivity contribution in [2.24, 2.45) is 10.1 Å². The molecule has 2 aliphatic heterocycles. The largest absolute Gasteiger partial charge is 0.490 e. The maximum absolute atomic E-state index is 12.7. The Morgan fingerprint density at radius 1 is 0.972 bits per heavy atom. The topological polar surface area (TPSA) is 87.3 Å². The van der Waals surface area contributed by atoms with Crippen molar-refractivity contribution in [3.63, 3.8) is 0 Å². The number of carbonyl (C=O) groups excluding carboxylic acids is 1. The molecule has 7 nitrogen and oxygen atoms in total. The maximum Gasteiger partial charge on any atom is 0.283 e. The molecule has 0 atom stereocenters. The van der Waals surface area contributed by atoms with Crippen molar-refractivity contribution in [2.75, 3.05) is 13.2 Å². The number of thioether (sulfide) groups is 1. The first-order valence-corrected chi connectivity index (χ1v) is 12.3. The Balaban J connectivity index is 1.22. The molecule has 0 fully saturated rings. The number of carbonyl (C=O) groups is 1. The molecule has 8 heteroatoms. The molecule has 0 aliphatic carbocycles. The molecule has 180 valence electrons. The first kappa shape index (κ1) is 23.6. The van der Waals surface area contributed by atoms with E-state index in [-0.39, 0.29) is 11.4 Å². The number of benzene rings is 3. The first-order chi connectivity index (χ1) is 17.5. The van der Waals surface area contributed by atoms with E-state index in [4.69, 9.17) is 14.9 Å². The second-order valence-electron chi connectivity index (χ2n) is 8.33. The molecule has 0 unspecified atom stereocenters. The molecule has 3 aromatic rings. The molecule has 0 radical (unpaired) electrons. The number of ether oxygens (including phenoxy) is 2. The minimum Gasteiger partial charge on any atom is -0.490 e. The van der Waals surface area contributed by atoms with Crippen LogP contribution in [-0.2, 0) is 4.79 Å². The third-order valence-electron chi connectivity index (χ3n) is 5.62. The SMILES string of the molecule is Cc1ccc(C)c(OCCOc2ccc(/C=C3\C(=N)N4N=C(c5ccccc5)SC4=NC3=O)cc2)c1. The van der Waals surface area contributed by atoms with E-state index in [9.17, 15) is 4.79 Å².